The van der Waals surface area contributed by atoms with Crippen LogP contribution >= 0.6 is 0 Å². The van der Waals surface area contributed by atoms with Crippen molar-refractivity contribution in [2.24, 2.45) is 0 Å². The largest absolute Gasteiger partial charge is 0.247 e. The minimum Gasteiger partial charge on any atom is -0.247 e. The van der Waals surface area contributed by atoms with Crippen molar-refractivity contribution in [1.29, 1.82) is 0 Å². The van der Waals surface area contributed by atoms with Crippen LogP contribution in [0, 0.1) is 0 Å². The normalized spacial score (nSPS) is 21.5. The summed E-state index contributed by atoms with van der Waals surface area (Å²) in [5.41, 5.74) is 0. The third-order valence-corrected chi connectivity index (χ3v) is 2.66. The van der Waals surface area contributed by atoms with Crippen molar-refractivity contribution in [2.45, 2.75) is 52.0 Å². The third-order valence-electron chi connectivity index (χ3n) is 2.66. The second kappa shape index (κ2) is 3.48. The van der Waals surface area contributed by atoms with Crippen molar-refractivity contribution in [3.63, 3.8) is 0 Å². The number of fused-ring (bicyclic) bond motifs is 1. The first-order chi connectivity index (χ1) is 6.31. The molecule has 3 nitrogen and oxygen atoms in total. The lowest BCUT2D eigenvalue weighted by Crippen LogP contribution is -2.16. The van der Waals surface area contributed by atoms with E-state index in [4.69, 9.17) is 0 Å². The van der Waals surface area contributed by atoms with Crippen molar-refractivity contribution >= 4 is 0 Å². The van der Waals surface area contributed by atoms with E-state index in [2.05, 4.69) is 28.6 Å². The maximum absolute atomic E-state index is 4.54. The first-order valence-electron chi connectivity index (χ1n) is 5.25. The van der Waals surface area contributed by atoms with Gasteiger partial charge in [0.2, 0.25) is 0 Å². The Labute approximate surface area is 79.2 Å². The molecule has 0 aliphatic carbocycles. The Hall–Kier alpha value is -0.860. The van der Waals surface area contributed by atoms with Crippen molar-refractivity contribution in [3.05, 3.63) is 11.6 Å². The maximum Gasteiger partial charge on any atom is 0.150 e. The highest BCUT2D eigenvalue weighted by molar-refractivity contribution is 4.97. The molecule has 2 rings (SSSR count). The van der Waals surface area contributed by atoms with Gasteiger partial charge in [0.05, 0.1) is 6.04 Å². The van der Waals surface area contributed by atoms with Gasteiger partial charge in [0, 0.05) is 12.8 Å². The smallest absolute Gasteiger partial charge is 0.150 e. The number of aromatic nitrogens is 3. The zero-order valence-electron chi connectivity index (χ0n) is 8.45. The van der Waals surface area contributed by atoms with E-state index >= 15 is 0 Å². The summed E-state index contributed by atoms with van der Waals surface area (Å²) < 4.78 is 2.12. The average Bonchev–Trinajstić information content (AvgIpc) is 2.49. The molecular formula is C10H17N3. The lowest BCUT2D eigenvalue weighted by molar-refractivity contribution is 0.387. The second-order valence-electron chi connectivity index (χ2n) is 3.88. The molecule has 72 valence electrons. The quantitative estimate of drug-likeness (QED) is 0.696. The molecule has 0 saturated heterocycles. The predicted octanol–water partition coefficient (Wildman–Crippen LogP) is 2.13. The van der Waals surface area contributed by atoms with E-state index in [1.807, 2.05) is 0 Å². The summed E-state index contributed by atoms with van der Waals surface area (Å²) in [6.45, 7) is 4.40. The number of hydrogen-bond acceptors (Lipinski definition) is 2. The maximum atomic E-state index is 4.54. The molecule has 0 N–H and O–H groups in total. The average molecular weight is 179 g/mol. The first kappa shape index (κ1) is 8.73. The van der Waals surface area contributed by atoms with Crippen LogP contribution in [-0.4, -0.2) is 14.8 Å². The van der Waals surface area contributed by atoms with Crippen LogP contribution in [0.4, 0.5) is 0 Å². The fraction of sp³-hybridized carbons (Fsp3) is 0.800. The predicted molar refractivity (Wildman–Crippen MR) is 51.7 cm³/mol. The Morgan fingerprint density at radius 2 is 2.38 bits per heavy atom. The summed E-state index contributed by atoms with van der Waals surface area (Å²) in [5, 5.41) is 4.53. The Balaban J connectivity index is 2.25. The monoisotopic (exact) mass is 179 g/mol. The van der Waals surface area contributed by atoms with Crippen LogP contribution in [-0.2, 0) is 12.8 Å². The van der Waals surface area contributed by atoms with E-state index in [1.54, 1.807) is 0 Å². The van der Waals surface area contributed by atoms with E-state index in [0.29, 0.717) is 6.04 Å². The second-order valence-corrected chi connectivity index (χ2v) is 3.88. The van der Waals surface area contributed by atoms with Crippen molar-refractivity contribution in [2.75, 3.05) is 0 Å². The van der Waals surface area contributed by atoms with E-state index in [-0.39, 0.29) is 0 Å². The molecule has 2 heterocycles. The van der Waals surface area contributed by atoms with Gasteiger partial charge in [-0.3, -0.25) is 0 Å². The van der Waals surface area contributed by atoms with E-state index in [0.717, 1.165) is 25.1 Å². The highest BCUT2D eigenvalue weighted by atomic mass is 15.4. The molecule has 1 aliphatic rings. The molecule has 0 bridgehead atoms. The molecule has 1 aromatic rings. The van der Waals surface area contributed by atoms with Crippen molar-refractivity contribution in [1.82, 2.24) is 14.8 Å². The van der Waals surface area contributed by atoms with Gasteiger partial charge >= 0.3 is 0 Å². The third kappa shape index (κ3) is 1.60. The lowest BCUT2D eigenvalue weighted by Gasteiger charge is -2.18. The summed E-state index contributed by atoms with van der Waals surface area (Å²) >= 11 is 0. The summed E-state index contributed by atoms with van der Waals surface area (Å²) in [6.07, 6.45) is 5.79. The number of hydrogen-bond donors (Lipinski definition) is 0. The van der Waals surface area contributed by atoms with E-state index in [1.165, 1.54) is 18.7 Å². The number of nitrogens with zero attached hydrogens (tertiary/aromatic N) is 3. The molecule has 0 saturated carbocycles. The molecule has 13 heavy (non-hydrogen) atoms. The molecule has 0 spiro atoms. The van der Waals surface area contributed by atoms with Crippen molar-refractivity contribution in [3.8, 4) is 0 Å². The molecule has 0 radical (unpaired) electrons. The van der Waals surface area contributed by atoms with Gasteiger partial charge < -0.3 is 0 Å². The van der Waals surface area contributed by atoms with Crippen LogP contribution in [0.2, 0.25) is 0 Å². The molecule has 1 atom stereocenters. The van der Waals surface area contributed by atoms with Gasteiger partial charge in [-0.25, -0.2) is 9.67 Å². The number of aryl methyl sites for hydroxylation is 2. The summed E-state index contributed by atoms with van der Waals surface area (Å²) in [7, 11) is 0. The Morgan fingerprint density at radius 1 is 1.54 bits per heavy atom. The highest BCUT2D eigenvalue weighted by Crippen LogP contribution is 2.22. The van der Waals surface area contributed by atoms with Crippen LogP contribution in [0.15, 0.2) is 0 Å². The molecule has 3 heteroatoms. The molecule has 1 aliphatic heterocycles. The molecule has 0 aromatic carbocycles. The Morgan fingerprint density at radius 3 is 3.08 bits per heavy atom. The summed E-state index contributed by atoms with van der Waals surface area (Å²) in [4.78, 5) is 4.54. The van der Waals surface area contributed by atoms with Crippen LogP contribution in [0.5, 0.6) is 0 Å². The van der Waals surface area contributed by atoms with Gasteiger partial charge in [0.1, 0.15) is 5.82 Å². The standard InChI is InChI=1S/C10H17N3/c1-3-5-9-11-10-7-4-6-8(2)13(10)12-9/h8H,3-7H2,1-2H3. The van der Waals surface area contributed by atoms with Crippen LogP contribution in [0.1, 0.15) is 50.8 Å². The summed E-state index contributed by atoms with van der Waals surface area (Å²) in [5.74, 6) is 2.23. The van der Waals surface area contributed by atoms with Gasteiger partial charge in [-0.15, -0.1) is 0 Å². The van der Waals surface area contributed by atoms with E-state index in [9.17, 15) is 0 Å². The zero-order chi connectivity index (χ0) is 9.26. The molecular weight excluding hydrogens is 162 g/mol. The molecule has 1 aromatic heterocycles. The highest BCUT2D eigenvalue weighted by Gasteiger charge is 2.18. The van der Waals surface area contributed by atoms with Crippen LogP contribution < -0.4 is 0 Å². The van der Waals surface area contributed by atoms with Crippen LogP contribution in [0.3, 0.4) is 0 Å². The molecule has 0 amide bonds. The van der Waals surface area contributed by atoms with Gasteiger partial charge in [-0.05, 0) is 26.2 Å². The van der Waals surface area contributed by atoms with E-state index < -0.39 is 0 Å². The Kier molecular flexibility index (Phi) is 2.34. The Bertz CT molecular complexity index is 290. The SMILES string of the molecule is CCCc1nc2n(n1)C(C)CCC2. The minimum atomic E-state index is 0.557. The fourth-order valence-electron chi connectivity index (χ4n) is 1.94. The zero-order valence-corrected chi connectivity index (χ0v) is 8.45. The number of rotatable bonds is 2. The molecule has 0 fully saturated rings. The van der Waals surface area contributed by atoms with Crippen molar-refractivity contribution < 1.29 is 0 Å². The van der Waals surface area contributed by atoms with Gasteiger partial charge in [-0.1, -0.05) is 6.92 Å². The van der Waals surface area contributed by atoms with Crippen LogP contribution in [0.25, 0.3) is 0 Å². The fourth-order valence-corrected chi connectivity index (χ4v) is 1.94. The minimum absolute atomic E-state index is 0.557. The van der Waals surface area contributed by atoms with Gasteiger partial charge in [0.15, 0.2) is 5.82 Å². The van der Waals surface area contributed by atoms with Gasteiger partial charge in [-0.2, -0.15) is 5.10 Å². The topological polar surface area (TPSA) is 30.7 Å². The summed E-state index contributed by atoms with van der Waals surface area (Å²) in [6, 6.07) is 0.557. The molecule has 1 unspecified atom stereocenters. The van der Waals surface area contributed by atoms with Gasteiger partial charge in [0.25, 0.3) is 0 Å². The lowest BCUT2D eigenvalue weighted by atomic mass is 10.1. The first-order valence-corrected chi connectivity index (χ1v) is 5.25.